The lowest BCUT2D eigenvalue weighted by atomic mass is 9.78. The van der Waals surface area contributed by atoms with Crippen LogP contribution in [0, 0.1) is 11.8 Å². The smallest absolute Gasteiger partial charge is 0.408 e. The number of alkyl carbamates (subject to hydrolysis) is 1. The number of nitrogens with one attached hydrogen (secondary N) is 3. The number of aliphatic hydroxyl groups excluding tert-OH is 1. The molecule has 1 saturated carbocycles. The number of aliphatic hydroxyl groups is 1. The van der Waals surface area contributed by atoms with Gasteiger partial charge in [-0.15, -0.1) is 0 Å². The zero-order valence-corrected chi connectivity index (χ0v) is 38.9. The van der Waals surface area contributed by atoms with Gasteiger partial charge in [0, 0.05) is 39.0 Å². The predicted octanol–water partition coefficient (Wildman–Crippen LogP) is 2.43. The van der Waals surface area contributed by atoms with Crippen molar-refractivity contribution < 1.29 is 48.1 Å². The first-order valence-electron chi connectivity index (χ1n) is 23.1. The van der Waals surface area contributed by atoms with Crippen molar-refractivity contribution in [1.29, 1.82) is 0 Å². The number of rotatable bonds is 13. The van der Waals surface area contributed by atoms with Gasteiger partial charge in [0.25, 0.3) is 0 Å². The molecule has 6 amide bonds. The summed E-state index contributed by atoms with van der Waals surface area (Å²) in [5.74, 6) is -2.67. The van der Waals surface area contributed by atoms with Crippen LogP contribution in [0.2, 0.25) is 0 Å². The average Bonchev–Trinajstić information content (AvgIpc) is 3.73. The van der Waals surface area contributed by atoms with Crippen molar-refractivity contribution in [2.75, 3.05) is 13.1 Å². The summed E-state index contributed by atoms with van der Waals surface area (Å²) in [5.41, 5.74) is 5.80. The monoisotopic (exact) mass is 909 g/mol. The number of nitrogens with two attached hydrogens (primary N) is 1. The van der Waals surface area contributed by atoms with Crippen molar-refractivity contribution in [3.63, 3.8) is 0 Å². The van der Waals surface area contributed by atoms with E-state index in [-0.39, 0.29) is 49.7 Å². The number of piperidine rings is 1. The van der Waals surface area contributed by atoms with Crippen LogP contribution in [-0.4, -0.2) is 120 Å². The highest BCUT2D eigenvalue weighted by Gasteiger charge is 2.47. The number of aromatic nitrogens is 2. The molecule has 6 atom stereocenters. The van der Waals surface area contributed by atoms with Crippen LogP contribution in [0.25, 0.3) is 11.0 Å². The lowest BCUT2D eigenvalue weighted by molar-refractivity contribution is -0.159. The van der Waals surface area contributed by atoms with E-state index in [4.69, 9.17) is 15.2 Å². The molecule has 1 aliphatic carbocycles. The zero-order valence-electron chi connectivity index (χ0n) is 38.9. The van der Waals surface area contributed by atoms with Crippen LogP contribution in [-0.2, 0) is 51.7 Å². The predicted molar refractivity (Wildman–Crippen MR) is 238 cm³/mol. The van der Waals surface area contributed by atoms with Crippen molar-refractivity contribution >= 4 is 52.6 Å². The first-order valence-corrected chi connectivity index (χ1v) is 23.1. The van der Waals surface area contributed by atoms with Crippen LogP contribution >= 0.6 is 0 Å². The molecule has 0 radical (unpaired) electrons. The molecule has 4 fully saturated rings. The number of hydrogen-bond acceptors (Lipinski definition) is 12. The number of benzene rings is 1. The normalized spacial score (nSPS) is 25.5. The summed E-state index contributed by atoms with van der Waals surface area (Å²) >= 11 is 0. The topological polar surface area (TPSA) is 254 Å². The van der Waals surface area contributed by atoms with Gasteiger partial charge in [0.15, 0.2) is 0 Å². The number of hydrogen-bond donors (Lipinski definition) is 5. The minimum absolute atomic E-state index is 0.0262. The fourth-order valence-electron chi connectivity index (χ4n) is 9.88. The Morgan fingerprint density at radius 1 is 0.892 bits per heavy atom. The molecule has 4 aliphatic rings. The second kappa shape index (κ2) is 20.1. The molecule has 6 N–H and O–H groups in total. The Kier molecular flexibility index (Phi) is 15.2. The van der Waals surface area contributed by atoms with E-state index in [1.165, 1.54) is 9.47 Å². The maximum atomic E-state index is 14.5. The van der Waals surface area contributed by atoms with E-state index < -0.39 is 83.3 Å². The highest BCUT2D eigenvalue weighted by molar-refractivity contribution is 6.00. The molecule has 65 heavy (non-hydrogen) atoms. The van der Waals surface area contributed by atoms with Crippen LogP contribution in [0.1, 0.15) is 130 Å². The Hall–Kier alpha value is -5.30. The number of nitrogens with zero attached hydrogens (tertiary/aromatic N) is 4. The van der Waals surface area contributed by atoms with Crippen molar-refractivity contribution in [2.45, 2.75) is 173 Å². The molecule has 4 heterocycles. The molecular formula is C46H68N8O11. The number of carbonyl (C=O) groups excluding carboxylic acids is 7. The van der Waals surface area contributed by atoms with Crippen LogP contribution in [0.5, 0.6) is 0 Å². The third-order valence-corrected chi connectivity index (χ3v) is 13.0. The standard InChI is InChI=1S/C46H68N8O11/c1-45(2,3)64-42(61)30(14-18-36(47)55)48-39(58)33-16-13-29-20-21-52(25-31(41(60)53(29)33)49-43(62)65-46(4,5)6)38(57)24-27-10-8-26(9-11-27)22-28-12-15-32-35(23-28)51(7)44(63)54(32)34-17-19-37(56)50-40(34)59/h12,15,23,26-27,29-31,33-34,38,57H,8-11,13-14,16-22,24-25H2,1-7H3,(H2,47,55)(H,48,58)(H,49,62)(H,50,56,59)/t26?,27?,29-,30+,31+,33+,34?,38?/m1/s1. The molecule has 1 aromatic heterocycles. The lowest BCUT2D eigenvalue weighted by Crippen LogP contribution is -2.62. The van der Waals surface area contributed by atoms with E-state index in [1.807, 2.05) is 23.1 Å². The molecule has 3 saturated heterocycles. The molecule has 19 heteroatoms. The summed E-state index contributed by atoms with van der Waals surface area (Å²) in [6.07, 6.45) is 4.62. The molecule has 0 spiro atoms. The van der Waals surface area contributed by atoms with Gasteiger partial charge >= 0.3 is 17.8 Å². The Bertz CT molecular complexity index is 2200. The van der Waals surface area contributed by atoms with Crippen molar-refractivity contribution in [3.8, 4) is 0 Å². The van der Waals surface area contributed by atoms with Gasteiger partial charge in [0.2, 0.25) is 29.5 Å². The van der Waals surface area contributed by atoms with Crippen LogP contribution in [0.4, 0.5) is 4.79 Å². The van der Waals surface area contributed by atoms with E-state index in [2.05, 4.69) is 16.0 Å². The Balaban J connectivity index is 1.09. The van der Waals surface area contributed by atoms with E-state index in [9.17, 15) is 43.5 Å². The first-order chi connectivity index (χ1) is 30.5. The number of fused-ring (bicyclic) bond motifs is 2. The number of ether oxygens (including phenoxy) is 2. The molecule has 358 valence electrons. The van der Waals surface area contributed by atoms with Crippen LogP contribution in [0.3, 0.4) is 0 Å². The number of primary amides is 1. The summed E-state index contributed by atoms with van der Waals surface area (Å²) < 4.78 is 14.1. The molecule has 3 aliphatic heterocycles. The fraction of sp³-hybridized carbons (Fsp3) is 0.696. The van der Waals surface area contributed by atoms with E-state index in [0.717, 1.165) is 43.2 Å². The minimum atomic E-state index is -1.18. The second-order valence-corrected chi connectivity index (χ2v) is 20.4. The third kappa shape index (κ3) is 12.3. The van der Waals surface area contributed by atoms with Gasteiger partial charge in [0.05, 0.1) is 11.0 Å². The van der Waals surface area contributed by atoms with E-state index >= 15 is 0 Å². The Labute approximate surface area is 379 Å². The number of aryl methyl sites for hydroxylation is 1. The molecule has 2 aromatic rings. The van der Waals surface area contributed by atoms with Crippen LogP contribution < -0.4 is 27.4 Å². The highest BCUT2D eigenvalue weighted by Crippen LogP contribution is 2.36. The second-order valence-electron chi connectivity index (χ2n) is 20.4. The summed E-state index contributed by atoms with van der Waals surface area (Å²) in [4.78, 5) is 107. The minimum Gasteiger partial charge on any atom is -0.458 e. The van der Waals surface area contributed by atoms with Gasteiger partial charge in [-0.25, -0.2) is 14.4 Å². The van der Waals surface area contributed by atoms with Gasteiger partial charge in [0.1, 0.15) is 41.6 Å². The number of imide groups is 1. The largest absolute Gasteiger partial charge is 0.458 e. The quantitative estimate of drug-likeness (QED) is 0.144. The van der Waals surface area contributed by atoms with Crippen LogP contribution in [0.15, 0.2) is 23.0 Å². The zero-order chi connectivity index (χ0) is 47.5. The average molecular weight is 909 g/mol. The maximum Gasteiger partial charge on any atom is 0.408 e. The lowest BCUT2D eigenvalue weighted by Gasteiger charge is -2.41. The Morgan fingerprint density at radius 3 is 2.22 bits per heavy atom. The van der Waals surface area contributed by atoms with E-state index in [1.54, 1.807) is 53.2 Å². The van der Waals surface area contributed by atoms with Gasteiger partial charge in [-0.2, -0.15) is 0 Å². The third-order valence-electron chi connectivity index (χ3n) is 13.0. The summed E-state index contributed by atoms with van der Waals surface area (Å²) in [5, 5.41) is 19.6. The van der Waals surface area contributed by atoms with Gasteiger partial charge in [-0.05, 0) is 129 Å². The molecule has 6 rings (SSSR count). The SMILES string of the molecule is Cn1c(=O)n(C2CCC(=O)NC2=O)c2ccc(CC3CCC(CC(O)N4CC[C@H]5CC[C@@H](C(=O)N[C@@H](CCC(N)=O)C(=O)OC(C)(C)C)N5C(=O)[C@@H](NC(=O)OC(C)(C)C)C4)CC3)cc21. The van der Waals surface area contributed by atoms with Crippen molar-refractivity contribution in [3.05, 3.63) is 34.2 Å². The van der Waals surface area contributed by atoms with Crippen molar-refractivity contribution in [2.24, 2.45) is 24.6 Å². The van der Waals surface area contributed by atoms with Gasteiger partial charge in [-0.1, -0.05) is 18.9 Å². The highest BCUT2D eigenvalue weighted by atomic mass is 16.6. The molecule has 2 unspecified atom stereocenters. The summed E-state index contributed by atoms with van der Waals surface area (Å²) in [6, 6.07) is 1.44. The van der Waals surface area contributed by atoms with Gasteiger partial charge < -0.3 is 35.8 Å². The number of amides is 6. The number of carbonyl (C=O) groups is 7. The fourth-order valence-corrected chi connectivity index (χ4v) is 9.88. The number of esters is 1. The molecular weight excluding hydrogens is 841 g/mol. The van der Waals surface area contributed by atoms with E-state index in [0.29, 0.717) is 43.7 Å². The molecule has 0 bridgehead atoms. The Morgan fingerprint density at radius 2 is 1.57 bits per heavy atom. The molecule has 19 nitrogen and oxygen atoms in total. The number of imidazole rings is 1. The van der Waals surface area contributed by atoms with Crippen molar-refractivity contribution in [1.82, 2.24) is 34.9 Å². The first kappa shape index (κ1) is 49.1. The molecule has 1 aromatic carbocycles. The summed E-state index contributed by atoms with van der Waals surface area (Å²) in [7, 11) is 1.69. The summed E-state index contributed by atoms with van der Waals surface area (Å²) in [6.45, 7) is 10.5. The maximum absolute atomic E-state index is 14.5. The van der Waals surface area contributed by atoms with Gasteiger partial charge in [-0.3, -0.25) is 43.3 Å².